The number of rotatable bonds is 16. The van der Waals surface area contributed by atoms with Gasteiger partial charge >= 0.3 is 11.9 Å². The van der Waals surface area contributed by atoms with Crippen LogP contribution in [0.25, 0.3) is 20.2 Å². The van der Waals surface area contributed by atoms with Crippen LogP contribution < -0.4 is 0 Å². The van der Waals surface area contributed by atoms with E-state index in [1.807, 2.05) is 0 Å². The molecule has 0 aliphatic carbocycles. The number of ether oxygens (including phenoxy) is 4. The average molecular weight is 693 g/mol. The van der Waals surface area contributed by atoms with Gasteiger partial charge in [0.15, 0.2) is 0 Å². The van der Waals surface area contributed by atoms with E-state index in [0.717, 1.165) is 117 Å². The zero-order valence-electron chi connectivity index (χ0n) is 27.8. The molecule has 2 saturated heterocycles. The summed E-state index contributed by atoms with van der Waals surface area (Å²) in [6.07, 6.45) is 6.27. The van der Waals surface area contributed by atoms with Gasteiger partial charge in [-0.15, -0.1) is 22.7 Å². The molecule has 2 aliphatic heterocycles. The molecule has 4 aromatic rings. The van der Waals surface area contributed by atoms with Gasteiger partial charge in [0.25, 0.3) is 0 Å². The molecule has 2 aromatic heterocycles. The van der Waals surface area contributed by atoms with Gasteiger partial charge in [-0.1, -0.05) is 24.3 Å². The largest absolute Gasteiger partial charge is 0.454 e. The first-order chi connectivity index (χ1) is 23.6. The Balaban J connectivity index is 0.753. The van der Waals surface area contributed by atoms with Gasteiger partial charge in [0, 0.05) is 61.9 Å². The number of thiophene rings is 2. The Morgan fingerprint density at radius 1 is 0.604 bits per heavy atom. The molecule has 2 aliphatic rings. The number of hydrogen-bond acceptors (Lipinski definition) is 10. The molecule has 0 unspecified atom stereocenters. The fraction of sp³-hybridized carbons (Fsp3) is 0.526. The van der Waals surface area contributed by atoms with Crippen molar-refractivity contribution >= 4 is 54.8 Å². The highest BCUT2D eigenvalue weighted by molar-refractivity contribution is 7.17. The van der Waals surface area contributed by atoms with Crippen molar-refractivity contribution in [3.05, 3.63) is 70.4 Å². The lowest BCUT2D eigenvalue weighted by atomic mass is 10.1. The van der Waals surface area contributed by atoms with Crippen molar-refractivity contribution in [3.8, 4) is 0 Å². The lowest BCUT2D eigenvalue weighted by Gasteiger charge is -2.32. The molecule has 4 heterocycles. The van der Waals surface area contributed by atoms with Crippen LogP contribution in [-0.4, -0.2) is 99.6 Å². The zero-order chi connectivity index (χ0) is 33.0. The Morgan fingerprint density at radius 2 is 1.04 bits per heavy atom. The summed E-state index contributed by atoms with van der Waals surface area (Å²) < 4.78 is 25.5. The second-order valence-corrected chi connectivity index (χ2v) is 14.8. The van der Waals surface area contributed by atoms with Crippen LogP contribution in [0, 0.1) is 0 Å². The molecule has 0 bridgehead atoms. The number of fused-ring (bicyclic) bond motifs is 2. The van der Waals surface area contributed by atoms with Gasteiger partial charge in [-0.2, -0.15) is 0 Å². The van der Waals surface area contributed by atoms with E-state index >= 15 is 0 Å². The first-order valence-electron chi connectivity index (χ1n) is 17.5. The van der Waals surface area contributed by atoms with Crippen molar-refractivity contribution in [2.75, 3.05) is 65.7 Å². The maximum Gasteiger partial charge on any atom is 0.417 e. The van der Waals surface area contributed by atoms with Gasteiger partial charge in [-0.25, -0.2) is 9.59 Å². The summed E-state index contributed by atoms with van der Waals surface area (Å²) in [5.74, 6) is -1.70. The fourth-order valence-electron chi connectivity index (χ4n) is 6.61. The van der Waals surface area contributed by atoms with Gasteiger partial charge in [-0.3, -0.25) is 0 Å². The predicted octanol–water partition coefficient (Wildman–Crippen LogP) is 6.73. The van der Waals surface area contributed by atoms with Gasteiger partial charge in [0.2, 0.25) is 0 Å². The third-order valence-corrected chi connectivity index (χ3v) is 11.2. The summed E-state index contributed by atoms with van der Waals surface area (Å²) in [7, 11) is 0. The van der Waals surface area contributed by atoms with E-state index < -0.39 is 11.9 Å². The van der Waals surface area contributed by atoms with E-state index in [1.54, 1.807) is 22.7 Å². The molecule has 258 valence electrons. The molecular formula is C38H48N2O6S2. The minimum absolute atomic E-state index is 0.230. The third kappa shape index (κ3) is 10.6. The minimum Gasteiger partial charge on any atom is -0.454 e. The normalized spacial score (nSPS) is 16.9. The van der Waals surface area contributed by atoms with Crippen LogP contribution in [0.1, 0.15) is 49.7 Å². The topological polar surface area (TPSA) is 77.5 Å². The molecule has 0 atom stereocenters. The second-order valence-electron chi connectivity index (χ2n) is 12.9. The summed E-state index contributed by atoms with van der Waals surface area (Å²) in [4.78, 5) is 29.7. The first-order valence-corrected chi connectivity index (χ1v) is 19.3. The fourth-order valence-corrected chi connectivity index (χ4v) is 8.15. The number of nitrogens with zero attached hydrogens (tertiary/aromatic N) is 2. The molecule has 6 rings (SSSR count). The molecule has 0 N–H and O–H groups in total. The number of piperidine rings is 2. The number of benzene rings is 2. The first kappa shape index (κ1) is 35.0. The van der Waals surface area contributed by atoms with Gasteiger partial charge < -0.3 is 28.7 Å². The Bertz CT molecular complexity index is 1470. The summed E-state index contributed by atoms with van der Waals surface area (Å²) in [6, 6.07) is 17.6. The number of carbonyl (C=O) groups is 2. The summed E-state index contributed by atoms with van der Waals surface area (Å²) >= 11 is 3.55. The van der Waals surface area contributed by atoms with E-state index in [2.05, 4.69) is 69.1 Å². The van der Waals surface area contributed by atoms with E-state index in [9.17, 15) is 9.59 Å². The monoisotopic (exact) mass is 692 g/mol. The summed E-state index contributed by atoms with van der Waals surface area (Å²) in [6.45, 7) is 8.26. The van der Waals surface area contributed by atoms with Gasteiger partial charge in [0.1, 0.15) is 12.2 Å². The van der Waals surface area contributed by atoms with E-state index in [4.69, 9.17) is 18.9 Å². The molecule has 10 heteroatoms. The highest BCUT2D eigenvalue weighted by Gasteiger charge is 2.29. The number of likely N-dealkylation sites (tertiary alicyclic amines) is 2. The van der Waals surface area contributed by atoms with E-state index in [0.29, 0.717) is 0 Å². The Kier molecular flexibility index (Phi) is 13.3. The SMILES string of the molecule is O=C(OC1CCN(CCCOCCc2ccc3sccc3c2)CC1)C(=O)OC1CCN(CCCOCCc2ccc3sccc3c2)CC1. The maximum absolute atomic E-state index is 12.5. The third-order valence-electron chi connectivity index (χ3n) is 9.41. The minimum atomic E-state index is -0.852. The molecule has 48 heavy (non-hydrogen) atoms. The highest BCUT2D eigenvalue weighted by atomic mass is 32.1. The zero-order valence-corrected chi connectivity index (χ0v) is 29.4. The van der Waals surface area contributed by atoms with Crippen molar-refractivity contribution in [2.45, 2.75) is 63.6 Å². The molecule has 2 fully saturated rings. The average Bonchev–Trinajstić information content (AvgIpc) is 3.78. The number of esters is 2. The molecule has 0 saturated carbocycles. The smallest absolute Gasteiger partial charge is 0.417 e. The van der Waals surface area contributed by atoms with Crippen LogP contribution in [0.2, 0.25) is 0 Å². The predicted molar refractivity (Wildman–Crippen MR) is 193 cm³/mol. The van der Waals surface area contributed by atoms with Gasteiger partial charge in [-0.05, 0) is 108 Å². The molecule has 0 amide bonds. The van der Waals surface area contributed by atoms with Crippen molar-refractivity contribution in [3.63, 3.8) is 0 Å². The van der Waals surface area contributed by atoms with E-state index in [-0.39, 0.29) is 12.2 Å². The number of hydrogen-bond donors (Lipinski definition) is 0. The van der Waals surface area contributed by atoms with Crippen LogP contribution in [0.15, 0.2) is 59.3 Å². The van der Waals surface area contributed by atoms with Gasteiger partial charge in [0.05, 0.1) is 13.2 Å². The van der Waals surface area contributed by atoms with E-state index in [1.165, 1.54) is 31.3 Å². The number of carbonyl (C=O) groups excluding carboxylic acids is 2. The van der Waals surface area contributed by atoms with Crippen LogP contribution >= 0.6 is 22.7 Å². The van der Waals surface area contributed by atoms with Crippen molar-refractivity contribution in [2.24, 2.45) is 0 Å². The van der Waals surface area contributed by atoms with Crippen molar-refractivity contribution in [1.29, 1.82) is 0 Å². The van der Waals surface area contributed by atoms with Crippen LogP contribution in [0.3, 0.4) is 0 Å². The lowest BCUT2D eigenvalue weighted by molar-refractivity contribution is -0.176. The van der Waals surface area contributed by atoms with Crippen molar-refractivity contribution < 1.29 is 28.5 Å². The van der Waals surface area contributed by atoms with Crippen LogP contribution in [0.4, 0.5) is 0 Å². The highest BCUT2D eigenvalue weighted by Crippen LogP contribution is 2.23. The molecule has 2 aromatic carbocycles. The summed E-state index contributed by atoms with van der Waals surface area (Å²) in [5, 5.41) is 6.88. The van der Waals surface area contributed by atoms with Crippen LogP contribution in [0.5, 0.6) is 0 Å². The lowest BCUT2D eigenvalue weighted by Crippen LogP contribution is -2.41. The summed E-state index contributed by atoms with van der Waals surface area (Å²) in [5.41, 5.74) is 2.63. The Hall–Kier alpha value is -2.86. The molecular weight excluding hydrogens is 645 g/mol. The Morgan fingerprint density at radius 3 is 1.48 bits per heavy atom. The maximum atomic E-state index is 12.5. The van der Waals surface area contributed by atoms with Crippen molar-refractivity contribution in [1.82, 2.24) is 9.80 Å². The molecule has 8 nitrogen and oxygen atoms in total. The standard InChI is InChI=1S/C38H48N2O6S2/c41-37(45-33-7-17-39(18-8-33)15-1-21-43-23-11-29-3-5-35-31(27-29)13-25-47-35)38(42)46-34-9-19-40(20-10-34)16-2-22-44-24-12-30-4-6-36-32(28-30)14-26-48-36/h3-6,13-14,25-28,33-34H,1-2,7-12,15-24H2. The Labute approximate surface area is 291 Å². The quantitative estimate of drug-likeness (QED) is 0.0727. The molecule has 0 radical (unpaired) electrons. The molecule has 0 spiro atoms. The second kappa shape index (κ2) is 18.2. The van der Waals surface area contributed by atoms with Crippen LogP contribution in [-0.2, 0) is 41.4 Å².